The van der Waals surface area contributed by atoms with Crippen molar-refractivity contribution >= 4 is 27.6 Å². The van der Waals surface area contributed by atoms with Crippen LogP contribution in [0.4, 0.5) is 24.8 Å². The number of hydrogen-bond acceptors (Lipinski definition) is 6. The standard InChI is InChI=1S/C24H23F3N4O4S/c1-15-5-2-3-7-18(15)19-12-21(29-13-20(19)24(25,26)27)30-36(34,35)17-8-9-28-22(11-17)31-10-4-6-16(14-31)23(32)33/h2-3,5,7-9,11-13,16H,4,6,10,14H2,1H3,(H,29,30)(H,32,33)/t16-/m1/s1. The number of carboxylic acid groups (broad SMARTS) is 1. The van der Waals surface area contributed by atoms with E-state index in [4.69, 9.17) is 0 Å². The van der Waals surface area contributed by atoms with Crippen LogP contribution in [-0.4, -0.2) is 42.6 Å². The first-order chi connectivity index (χ1) is 17.0. The van der Waals surface area contributed by atoms with Crippen LogP contribution in [0.5, 0.6) is 0 Å². The van der Waals surface area contributed by atoms with Gasteiger partial charge in [-0.25, -0.2) is 18.4 Å². The summed E-state index contributed by atoms with van der Waals surface area (Å²) in [7, 11) is -4.24. The largest absolute Gasteiger partial charge is 0.481 e. The minimum absolute atomic E-state index is 0.177. The number of rotatable bonds is 6. The van der Waals surface area contributed by atoms with Gasteiger partial charge in [0.1, 0.15) is 11.6 Å². The van der Waals surface area contributed by atoms with E-state index in [0.717, 1.165) is 6.07 Å². The Morgan fingerprint density at radius 2 is 1.89 bits per heavy atom. The van der Waals surface area contributed by atoms with Crippen LogP contribution in [0.15, 0.2) is 59.8 Å². The summed E-state index contributed by atoms with van der Waals surface area (Å²) in [4.78, 5) is 20.8. The molecule has 0 bridgehead atoms. The van der Waals surface area contributed by atoms with Gasteiger partial charge in [-0.2, -0.15) is 13.2 Å². The molecule has 4 rings (SSSR count). The highest BCUT2D eigenvalue weighted by Gasteiger charge is 2.35. The zero-order valence-corrected chi connectivity index (χ0v) is 20.0. The number of carboxylic acids is 1. The number of benzene rings is 1. The summed E-state index contributed by atoms with van der Waals surface area (Å²) in [5, 5.41) is 9.31. The smallest absolute Gasteiger partial charge is 0.418 e. The highest BCUT2D eigenvalue weighted by Crippen LogP contribution is 2.39. The van der Waals surface area contributed by atoms with Gasteiger partial charge in [-0.05, 0) is 48.6 Å². The number of piperidine rings is 1. The van der Waals surface area contributed by atoms with Crippen LogP contribution in [0.25, 0.3) is 11.1 Å². The fourth-order valence-electron chi connectivity index (χ4n) is 4.16. The van der Waals surface area contributed by atoms with E-state index in [1.807, 2.05) is 0 Å². The summed E-state index contributed by atoms with van der Waals surface area (Å²) in [5.74, 6) is -1.49. The lowest BCUT2D eigenvalue weighted by Gasteiger charge is -2.31. The van der Waals surface area contributed by atoms with Gasteiger partial charge in [0.2, 0.25) is 0 Å². The molecule has 0 radical (unpaired) electrons. The first-order valence-corrected chi connectivity index (χ1v) is 12.5. The van der Waals surface area contributed by atoms with E-state index >= 15 is 0 Å². The molecule has 0 spiro atoms. The molecule has 2 aromatic heterocycles. The van der Waals surface area contributed by atoms with E-state index < -0.39 is 33.7 Å². The molecule has 2 N–H and O–H groups in total. The maximum atomic E-state index is 13.7. The Bertz CT molecular complexity index is 1400. The Morgan fingerprint density at radius 1 is 1.14 bits per heavy atom. The summed E-state index contributed by atoms with van der Waals surface area (Å²) >= 11 is 0. The number of pyridine rings is 2. The van der Waals surface area contributed by atoms with E-state index in [-0.39, 0.29) is 22.8 Å². The number of hydrogen-bond donors (Lipinski definition) is 2. The molecule has 36 heavy (non-hydrogen) atoms. The average Bonchev–Trinajstić information content (AvgIpc) is 2.83. The van der Waals surface area contributed by atoms with Crippen molar-refractivity contribution in [2.45, 2.75) is 30.8 Å². The molecule has 1 atom stereocenters. The van der Waals surface area contributed by atoms with E-state index in [1.165, 1.54) is 24.4 Å². The summed E-state index contributed by atoms with van der Waals surface area (Å²) in [6.07, 6.45) is -1.66. The summed E-state index contributed by atoms with van der Waals surface area (Å²) < 4.78 is 69.5. The van der Waals surface area contributed by atoms with Crippen LogP contribution in [-0.2, 0) is 21.0 Å². The van der Waals surface area contributed by atoms with E-state index in [9.17, 15) is 31.5 Å². The number of halogens is 3. The Balaban J connectivity index is 1.66. The van der Waals surface area contributed by atoms with Crippen LogP contribution < -0.4 is 9.62 Å². The molecule has 0 amide bonds. The van der Waals surface area contributed by atoms with E-state index in [0.29, 0.717) is 42.5 Å². The molecule has 1 saturated heterocycles. The zero-order chi connectivity index (χ0) is 26.1. The van der Waals surface area contributed by atoms with Gasteiger partial charge in [0.15, 0.2) is 0 Å². The quantitative estimate of drug-likeness (QED) is 0.490. The van der Waals surface area contributed by atoms with Gasteiger partial charge in [-0.1, -0.05) is 24.3 Å². The number of aliphatic carboxylic acids is 1. The topological polar surface area (TPSA) is 112 Å². The van der Waals surface area contributed by atoms with E-state index in [1.54, 1.807) is 30.0 Å². The van der Waals surface area contributed by atoms with E-state index in [2.05, 4.69) is 14.7 Å². The first-order valence-electron chi connectivity index (χ1n) is 11.1. The van der Waals surface area contributed by atoms with Crippen LogP contribution >= 0.6 is 0 Å². The zero-order valence-electron chi connectivity index (χ0n) is 19.2. The third kappa shape index (κ3) is 5.43. The maximum absolute atomic E-state index is 13.7. The molecule has 1 aromatic carbocycles. The number of nitrogens with zero attached hydrogens (tertiary/aromatic N) is 3. The van der Waals surface area contributed by atoms with Gasteiger partial charge in [0.05, 0.1) is 16.4 Å². The van der Waals surface area contributed by atoms with Gasteiger partial charge in [-0.15, -0.1) is 0 Å². The normalized spacial score (nSPS) is 16.6. The Morgan fingerprint density at radius 3 is 2.58 bits per heavy atom. The highest BCUT2D eigenvalue weighted by molar-refractivity contribution is 7.92. The van der Waals surface area contributed by atoms with Crippen molar-refractivity contribution in [3.8, 4) is 11.1 Å². The number of aryl methyl sites for hydroxylation is 1. The van der Waals surface area contributed by atoms with Gasteiger partial charge >= 0.3 is 12.1 Å². The van der Waals surface area contributed by atoms with Crippen molar-refractivity contribution < 1.29 is 31.5 Å². The second-order valence-corrected chi connectivity index (χ2v) is 10.2. The van der Waals surface area contributed by atoms with Crippen molar-refractivity contribution in [1.82, 2.24) is 9.97 Å². The lowest BCUT2D eigenvalue weighted by Crippen LogP contribution is -2.39. The Kier molecular flexibility index (Phi) is 6.90. The molecular formula is C24H23F3N4O4S. The average molecular weight is 521 g/mol. The van der Waals surface area contributed by atoms with Crippen molar-refractivity contribution in [3.63, 3.8) is 0 Å². The maximum Gasteiger partial charge on any atom is 0.418 e. The SMILES string of the molecule is Cc1ccccc1-c1cc(NS(=O)(=O)c2ccnc(N3CCC[C@@H](C(=O)O)C3)c2)ncc1C(F)(F)F. The van der Waals surface area contributed by atoms with Crippen molar-refractivity contribution in [2.75, 3.05) is 22.7 Å². The molecule has 190 valence electrons. The number of alkyl halides is 3. The first kappa shape index (κ1) is 25.4. The molecule has 0 aliphatic carbocycles. The highest BCUT2D eigenvalue weighted by atomic mass is 32.2. The predicted molar refractivity (Wildman–Crippen MR) is 127 cm³/mol. The third-order valence-electron chi connectivity index (χ3n) is 6.01. The second-order valence-electron chi connectivity index (χ2n) is 8.51. The molecule has 0 unspecified atom stereocenters. The summed E-state index contributed by atoms with van der Waals surface area (Å²) in [6.45, 7) is 2.38. The van der Waals surface area contributed by atoms with Crippen LogP contribution in [0.1, 0.15) is 24.0 Å². The number of nitrogens with one attached hydrogen (secondary N) is 1. The van der Waals surface area contributed by atoms with Crippen molar-refractivity contribution in [3.05, 3.63) is 66.0 Å². The fraction of sp³-hybridized carbons (Fsp3) is 0.292. The molecule has 12 heteroatoms. The van der Waals surface area contributed by atoms with Crippen LogP contribution in [0.2, 0.25) is 0 Å². The monoisotopic (exact) mass is 520 g/mol. The molecule has 0 saturated carbocycles. The molecular weight excluding hydrogens is 497 g/mol. The minimum Gasteiger partial charge on any atom is -0.481 e. The van der Waals surface area contributed by atoms with Gasteiger partial charge in [0, 0.05) is 31.5 Å². The Hall–Kier alpha value is -3.67. The van der Waals surface area contributed by atoms with Crippen molar-refractivity contribution in [2.24, 2.45) is 5.92 Å². The molecule has 1 aliphatic rings. The van der Waals surface area contributed by atoms with Gasteiger partial charge < -0.3 is 10.0 Å². The van der Waals surface area contributed by atoms with Crippen LogP contribution in [0, 0.1) is 12.8 Å². The summed E-state index contributed by atoms with van der Waals surface area (Å²) in [6, 6.07) is 10.1. The lowest BCUT2D eigenvalue weighted by molar-refractivity contribution is -0.142. The van der Waals surface area contributed by atoms with Gasteiger partial charge in [-0.3, -0.25) is 9.52 Å². The number of anilines is 2. The fourth-order valence-corrected chi connectivity index (χ4v) is 5.16. The minimum atomic E-state index is -4.69. The van der Waals surface area contributed by atoms with Crippen LogP contribution in [0.3, 0.4) is 0 Å². The molecule has 1 aliphatic heterocycles. The lowest BCUT2D eigenvalue weighted by atomic mass is 9.97. The number of aromatic nitrogens is 2. The predicted octanol–water partition coefficient (Wildman–Crippen LogP) is 4.57. The van der Waals surface area contributed by atoms with Gasteiger partial charge in [0.25, 0.3) is 10.0 Å². The molecule has 3 aromatic rings. The molecule has 3 heterocycles. The van der Waals surface area contributed by atoms with Crippen molar-refractivity contribution in [1.29, 1.82) is 0 Å². The second kappa shape index (κ2) is 9.76. The molecule has 8 nitrogen and oxygen atoms in total. The third-order valence-corrected chi connectivity index (χ3v) is 7.36. The Labute approximate surface area is 205 Å². The molecule has 1 fully saturated rings. The summed E-state index contributed by atoms with van der Waals surface area (Å²) in [5.41, 5.74) is -0.291. The number of carbonyl (C=O) groups is 1. The number of sulfonamides is 1.